The molecule has 0 aromatic heterocycles. The summed E-state index contributed by atoms with van der Waals surface area (Å²) < 4.78 is 5.56. The van der Waals surface area contributed by atoms with E-state index >= 15 is 0 Å². The van der Waals surface area contributed by atoms with Gasteiger partial charge in [0.2, 0.25) is 0 Å². The summed E-state index contributed by atoms with van der Waals surface area (Å²) in [6.07, 6.45) is 3.01. The second-order valence-electron chi connectivity index (χ2n) is 9.65. The number of amides is 1. The molecule has 0 radical (unpaired) electrons. The minimum atomic E-state index is -0.420. The van der Waals surface area contributed by atoms with Gasteiger partial charge in [-0.1, -0.05) is 27.7 Å². The number of rotatable bonds is 4. The van der Waals surface area contributed by atoms with Gasteiger partial charge in [-0.05, 0) is 57.8 Å². The van der Waals surface area contributed by atoms with Crippen LogP contribution in [-0.2, 0) is 4.74 Å². The standard InChI is InChI=1S/C19H36N2O2/c1-13(20-15-18(5,6)19(15,7)8)12-14-10-9-11-21(14)16(22)23-17(2,3)4/h13-15,20H,9-12H2,1-8H3. The number of carbonyl (C=O) groups excluding carboxylic acids is 1. The maximum atomic E-state index is 12.4. The minimum absolute atomic E-state index is 0.153. The molecule has 1 aliphatic carbocycles. The highest BCUT2D eigenvalue weighted by molar-refractivity contribution is 5.68. The lowest BCUT2D eigenvalue weighted by Gasteiger charge is -2.30. The van der Waals surface area contributed by atoms with Gasteiger partial charge in [0.25, 0.3) is 0 Å². The number of ether oxygens (including phenoxy) is 1. The number of hydrogen-bond acceptors (Lipinski definition) is 3. The predicted molar refractivity (Wildman–Crippen MR) is 94.5 cm³/mol. The molecule has 23 heavy (non-hydrogen) atoms. The molecule has 134 valence electrons. The summed E-state index contributed by atoms with van der Waals surface area (Å²) >= 11 is 0. The van der Waals surface area contributed by atoms with E-state index in [-0.39, 0.29) is 6.09 Å². The molecule has 0 bridgehead atoms. The maximum Gasteiger partial charge on any atom is 0.410 e. The monoisotopic (exact) mass is 324 g/mol. The van der Waals surface area contributed by atoms with Crippen LogP contribution in [0.3, 0.4) is 0 Å². The first kappa shape index (κ1) is 18.6. The largest absolute Gasteiger partial charge is 0.444 e. The highest BCUT2D eigenvalue weighted by atomic mass is 16.6. The Kier molecular flexibility index (Phi) is 4.80. The highest BCUT2D eigenvalue weighted by Gasteiger charge is 2.64. The van der Waals surface area contributed by atoms with E-state index in [1.165, 1.54) is 0 Å². The van der Waals surface area contributed by atoms with E-state index in [0.29, 0.717) is 29.0 Å². The van der Waals surface area contributed by atoms with Crippen molar-refractivity contribution in [1.82, 2.24) is 10.2 Å². The van der Waals surface area contributed by atoms with Crippen LogP contribution >= 0.6 is 0 Å². The Hall–Kier alpha value is -0.770. The summed E-state index contributed by atoms with van der Waals surface area (Å²) in [5.74, 6) is 0. The first-order chi connectivity index (χ1) is 10.4. The summed E-state index contributed by atoms with van der Waals surface area (Å²) in [6.45, 7) is 18.2. The average Bonchev–Trinajstić information content (AvgIpc) is 2.73. The molecule has 2 rings (SSSR count). The molecular weight excluding hydrogens is 288 g/mol. The Bertz CT molecular complexity index is 437. The summed E-state index contributed by atoms with van der Waals surface area (Å²) in [5, 5.41) is 3.79. The van der Waals surface area contributed by atoms with Gasteiger partial charge in [0.1, 0.15) is 5.60 Å². The van der Waals surface area contributed by atoms with Crippen molar-refractivity contribution in [3.63, 3.8) is 0 Å². The third-order valence-electron chi connectivity index (χ3n) is 6.10. The molecule has 1 saturated heterocycles. The van der Waals surface area contributed by atoms with Crippen LogP contribution < -0.4 is 5.32 Å². The third kappa shape index (κ3) is 3.84. The van der Waals surface area contributed by atoms with Gasteiger partial charge in [-0.25, -0.2) is 4.79 Å². The van der Waals surface area contributed by atoms with Crippen LogP contribution in [-0.4, -0.2) is 41.3 Å². The first-order valence-electron chi connectivity index (χ1n) is 9.12. The predicted octanol–water partition coefficient (Wildman–Crippen LogP) is 4.19. The Morgan fingerprint density at radius 1 is 1.26 bits per heavy atom. The van der Waals surface area contributed by atoms with Gasteiger partial charge in [-0.15, -0.1) is 0 Å². The van der Waals surface area contributed by atoms with Crippen LogP contribution in [0, 0.1) is 10.8 Å². The van der Waals surface area contributed by atoms with Crippen LogP contribution in [0.4, 0.5) is 4.79 Å². The molecule has 1 saturated carbocycles. The highest BCUT2D eigenvalue weighted by Crippen LogP contribution is 2.62. The van der Waals surface area contributed by atoms with Gasteiger partial charge in [0.15, 0.2) is 0 Å². The molecule has 1 heterocycles. The fraction of sp³-hybridized carbons (Fsp3) is 0.947. The van der Waals surface area contributed by atoms with Crippen LogP contribution in [0.5, 0.6) is 0 Å². The van der Waals surface area contributed by atoms with Crippen molar-refractivity contribution in [2.24, 2.45) is 10.8 Å². The molecule has 2 aliphatic rings. The van der Waals surface area contributed by atoms with Gasteiger partial charge in [0, 0.05) is 24.7 Å². The fourth-order valence-corrected chi connectivity index (χ4v) is 4.02. The van der Waals surface area contributed by atoms with Crippen LogP contribution in [0.1, 0.15) is 74.7 Å². The molecule has 1 aliphatic heterocycles. The zero-order valence-electron chi connectivity index (χ0n) is 16.3. The first-order valence-corrected chi connectivity index (χ1v) is 9.12. The smallest absolute Gasteiger partial charge is 0.410 e. The number of carbonyl (C=O) groups is 1. The number of nitrogens with zero attached hydrogens (tertiary/aromatic N) is 1. The topological polar surface area (TPSA) is 41.6 Å². The van der Waals surface area contributed by atoms with Crippen LogP contribution in [0.25, 0.3) is 0 Å². The number of nitrogens with one attached hydrogen (secondary N) is 1. The molecule has 0 aromatic carbocycles. The molecule has 1 amide bonds. The molecule has 0 aromatic rings. The number of hydrogen-bond donors (Lipinski definition) is 1. The summed E-state index contributed by atoms with van der Waals surface area (Å²) in [7, 11) is 0. The second kappa shape index (κ2) is 5.94. The third-order valence-corrected chi connectivity index (χ3v) is 6.10. The Morgan fingerprint density at radius 2 is 1.83 bits per heavy atom. The van der Waals surface area contributed by atoms with Gasteiger partial charge < -0.3 is 15.0 Å². The van der Waals surface area contributed by atoms with E-state index < -0.39 is 5.60 Å². The second-order valence-corrected chi connectivity index (χ2v) is 9.65. The Balaban J connectivity index is 1.88. The molecule has 4 heteroatoms. The molecule has 0 spiro atoms. The lowest BCUT2D eigenvalue weighted by Crippen LogP contribution is -2.43. The molecule has 2 unspecified atom stereocenters. The normalized spacial score (nSPS) is 27.8. The summed E-state index contributed by atoms with van der Waals surface area (Å²) in [5.41, 5.74) is 0.278. The van der Waals surface area contributed by atoms with E-state index in [1.54, 1.807) is 0 Å². The minimum Gasteiger partial charge on any atom is -0.444 e. The van der Waals surface area contributed by atoms with E-state index in [0.717, 1.165) is 25.8 Å². The fourth-order valence-electron chi connectivity index (χ4n) is 4.02. The Morgan fingerprint density at radius 3 is 2.30 bits per heavy atom. The van der Waals surface area contributed by atoms with Crippen molar-refractivity contribution in [1.29, 1.82) is 0 Å². The van der Waals surface area contributed by atoms with Crippen molar-refractivity contribution < 1.29 is 9.53 Å². The SMILES string of the molecule is CC(CC1CCCN1C(=O)OC(C)(C)C)NC1C(C)(C)C1(C)C. The van der Waals surface area contributed by atoms with Crippen molar-refractivity contribution >= 4 is 6.09 Å². The van der Waals surface area contributed by atoms with Gasteiger partial charge in [0.05, 0.1) is 0 Å². The quantitative estimate of drug-likeness (QED) is 0.843. The lowest BCUT2D eigenvalue weighted by atomic mass is 10.0. The Labute approximate surface area is 142 Å². The summed E-state index contributed by atoms with van der Waals surface area (Å²) in [6, 6.07) is 1.27. The van der Waals surface area contributed by atoms with E-state index in [1.807, 2.05) is 25.7 Å². The molecule has 4 nitrogen and oxygen atoms in total. The van der Waals surface area contributed by atoms with E-state index in [4.69, 9.17) is 4.74 Å². The van der Waals surface area contributed by atoms with Crippen molar-refractivity contribution in [3.8, 4) is 0 Å². The van der Waals surface area contributed by atoms with Crippen molar-refractivity contribution in [3.05, 3.63) is 0 Å². The van der Waals surface area contributed by atoms with Gasteiger partial charge >= 0.3 is 6.09 Å². The molecule has 2 atom stereocenters. The zero-order chi connectivity index (χ0) is 17.6. The molecule has 1 N–H and O–H groups in total. The molecule has 2 fully saturated rings. The van der Waals surface area contributed by atoms with E-state index in [2.05, 4.69) is 39.9 Å². The molecular formula is C19H36N2O2. The maximum absolute atomic E-state index is 12.4. The summed E-state index contributed by atoms with van der Waals surface area (Å²) in [4.78, 5) is 14.3. The van der Waals surface area contributed by atoms with Gasteiger partial charge in [-0.3, -0.25) is 0 Å². The van der Waals surface area contributed by atoms with Crippen LogP contribution in [0.2, 0.25) is 0 Å². The average molecular weight is 325 g/mol. The van der Waals surface area contributed by atoms with Crippen molar-refractivity contribution in [2.45, 2.75) is 98.4 Å². The zero-order valence-corrected chi connectivity index (χ0v) is 16.3. The van der Waals surface area contributed by atoms with Crippen molar-refractivity contribution in [2.75, 3.05) is 6.54 Å². The van der Waals surface area contributed by atoms with Gasteiger partial charge in [-0.2, -0.15) is 0 Å². The van der Waals surface area contributed by atoms with E-state index in [9.17, 15) is 4.79 Å². The van der Waals surface area contributed by atoms with Crippen LogP contribution in [0.15, 0.2) is 0 Å². The number of likely N-dealkylation sites (tertiary alicyclic amines) is 1. The lowest BCUT2D eigenvalue weighted by molar-refractivity contribution is 0.0214.